The zero-order chi connectivity index (χ0) is 20.5. The van der Waals surface area contributed by atoms with Crippen molar-refractivity contribution in [3.8, 4) is 0 Å². The van der Waals surface area contributed by atoms with Crippen molar-refractivity contribution in [1.82, 2.24) is 9.21 Å². The van der Waals surface area contributed by atoms with Gasteiger partial charge in [-0.25, -0.2) is 8.42 Å². The Morgan fingerprint density at radius 3 is 2.50 bits per heavy atom. The van der Waals surface area contributed by atoms with Gasteiger partial charge in [-0.1, -0.05) is 23.2 Å². The van der Waals surface area contributed by atoms with Gasteiger partial charge in [-0.2, -0.15) is 4.31 Å². The van der Waals surface area contributed by atoms with Gasteiger partial charge in [0.05, 0.1) is 11.5 Å². The molecule has 0 radical (unpaired) electrons. The molecule has 154 valence electrons. The molecule has 0 saturated carbocycles. The maximum Gasteiger partial charge on any atom is 0.244 e. The van der Waals surface area contributed by atoms with Crippen LogP contribution in [0, 0.1) is 5.92 Å². The number of ether oxygens (including phenoxy) is 1. The number of halogens is 2. The minimum atomic E-state index is -4.08. The molecule has 7 nitrogen and oxygen atoms in total. The molecular formula is C18H22Cl2N2O5S. The van der Waals surface area contributed by atoms with E-state index in [2.05, 4.69) is 0 Å². The fraction of sp³-hybridized carbons (Fsp3) is 0.556. The fourth-order valence-electron chi connectivity index (χ4n) is 4.00. The topological polar surface area (TPSA) is 84.0 Å². The van der Waals surface area contributed by atoms with Crippen molar-refractivity contribution in [3.05, 3.63) is 28.2 Å². The van der Waals surface area contributed by atoms with Gasteiger partial charge in [0.1, 0.15) is 12.3 Å². The molecule has 3 rings (SSSR count). The number of nitrogens with zero attached hydrogens (tertiary/aromatic N) is 2. The monoisotopic (exact) mass is 448 g/mol. The molecule has 2 saturated heterocycles. The van der Waals surface area contributed by atoms with Crippen LogP contribution < -0.4 is 0 Å². The number of carbonyl (C=O) groups is 2. The summed E-state index contributed by atoms with van der Waals surface area (Å²) < 4.78 is 33.2. The summed E-state index contributed by atoms with van der Waals surface area (Å²) in [4.78, 5) is 26.4. The summed E-state index contributed by atoms with van der Waals surface area (Å²) in [5.74, 6) is -0.918. The summed E-state index contributed by atoms with van der Waals surface area (Å²) in [5, 5.41) is 0.372. The number of amides is 1. The summed E-state index contributed by atoms with van der Waals surface area (Å²) >= 11 is 12.0. The quantitative estimate of drug-likeness (QED) is 0.622. The molecule has 0 aromatic heterocycles. The van der Waals surface area contributed by atoms with Crippen LogP contribution in [0.3, 0.4) is 0 Å². The third kappa shape index (κ3) is 4.07. The average molecular weight is 449 g/mol. The molecule has 1 aromatic carbocycles. The van der Waals surface area contributed by atoms with Crippen LogP contribution in [0.1, 0.15) is 19.3 Å². The lowest BCUT2D eigenvalue weighted by atomic mass is 9.91. The second-order valence-corrected chi connectivity index (χ2v) is 9.75. The Balaban J connectivity index is 2.07. The molecule has 0 spiro atoms. The van der Waals surface area contributed by atoms with E-state index in [1.165, 1.54) is 34.5 Å². The first-order valence-corrected chi connectivity index (χ1v) is 11.2. The van der Waals surface area contributed by atoms with Crippen molar-refractivity contribution < 1.29 is 22.7 Å². The number of fused-ring (bicyclic) bond motifs is 2. The van der Waals surface area contributed by atoms with Crippen LogP contribution in [0.5, 0.6) is 0 Å². The second kappa shape index (κ2) is 8.67. The molecular weight excluding hydrogens is 427 g/mol. The predicted octanol–water partition coefficient (Wildman–Crippen LogP) is 2.21. The highest BCUT2D eigenvalue weighted by atomic mass is 35.5. The van der Waals surface area contributed by atoms with Gasteiger partial charge in [-0.05, 0) is 37.5 Å². The summed E-state index contributed by atoms with van der Waals surface area (Å²) in [6.45, 7) is 0.792. The van der Waals surface area contributed by atoms with Gasteiger partial charge in [0.2, 0.25) is 15.9 Å². The highest BCUT2D eigenvalue weighted by molar-refractivity contribution is 7.89. The number of piperidine rings is 1. The Hall–Kier alpha value is -1.19. The standard InChI is InChI=1S/C18H22Cl2N2O5S/c1-27-6-5-21-10-12(11-23)16-3-2-4-17(18(21)24)22(16)28(25,26)15-8-13(19)7-14(20)9-15/h7-9,11-12,16-17H,2-6,10H2,1H3/t12-,16+,17-/m0/s1. The first kappa shape index (κ1) is 21.5. The van der Waals surface area contributed by atoms with E-state index >= 15 is 0 Å². The average Bonchev–Trinajstić information content (AvgIpc) is 2.72. The molecule has 2 heterocycles. The highest BCUT2D eigenvalue weighted by Crippen LogP contribution is 2.37. The van der Waals surface area contributed by atoms with Crippen molar-refractivity contribution >= 4 is 45.4 Å². The number of hydrogen-bond donors (Lipinski definition) is 0. The smallest absolute Gasteiger partial charge is 0.244 e. The molecule has 10 heteroatoms. The first-order valence-electron chi connectivity index (χ1n) is 9.02. The maximum atomic E-state index is 13.5. The lowest BCUT2D eigenvalue weighted by Gasteiger charge is -2.39. The minimum Gasteiger partial charge on any atom is -0.383 e. The lowest BCUT2D eigenvalue weighted by molar-refractivity contribution is -0.135. The van der Waals surface area contributed by atoms with E-state index < -0.39 is 28.0 Å². The van der Waals surface area contributed by atoms with Crippen LogP contribution in [-0.4, -0.2) is 68.7 Å². The van der Waals surface area contributed by atoms with Crippen molar-refractivity contribution in [2.45, 2.75) is 36.2 Å². The molecule has 28 heavy (non-hydrogen) atoms. The van der Waals surface area contributed by atoms with E-state index in [1.54, 1.807) is 0 Å². The normalized spacial score (nSPS) is 26.2. The van der Waals surface area contributed by atoms with E-state index in [0.29, 0.717) is 32.4 Å². The Bertz CT molecular complexity index is 843. The number of hydrogen-bond acceptors (Lipinski definition) is 5. The molecule has 0 N–H and O–H groups in total. The zero-order valence-electron chi connectivity index (χ0n) is 15.4. The molecule has 2 aliphatic rings. The summed E-state index contributed by atoms with van der Waals surface area (Å²) in [5.41, 5.74) is 0. The van der Waals surface area contributed by atoms with Crippen LogP contribution in [0.15, 0.2) is 23.1 Å². The molecule has 3 atom stereocenters. The van der Waals surface area contributed by atoms with Crippen molar-refractivity contribution in [2.75, 3.05) is 26.8 Å². The van der Waals surface area contributed by atoms with E-state index in [1.807, 2.05) is 0 Å². The fourth-order valence-corrected chi connectivity index (χ4v) is 6.60. The molecule has 0 aliphatic carbocycles. The van der Waals surface area contributed by atoms with Crippen molar-refractivity contribution in [3.63, 3.8) is 0 Å². The Kier molecular flexibility index (Phi) is 6.66. The van der Waals surface area contributed by atoms with Crippen LogP contribution in [0.2, 0.25) is 10.0 Å². The van der Waals surface area contributed by atoms with Gasteiger partial charge in [0.25, 0.3) is 0 Å². The van der Waals surface area contributed by atoms with Gasteiger partial charge in [0.15, 0.2) is 0 Å². The molecule has 2 fully saturated rings. The Morgan fingerprint density at radius 1 is 1.21 bits per heavy atom. The molecule has 1 amide bonds. The number of benzene rings is 1. The SMILES string of the molecule is COCCN1C[C@@H](C=O)[C@H]2CCC[C@@H](C1=O)N2S(=O)(=O)c1cc(Cl)cc(Cl)c1. The highest BCUT2D eigenvalue weighted by Gasteiger charge is 2.50. The summed E-state index contributed by atoms with van der Waals surface area (Å²) in [6, 6.07) is 2.62. The van der Waals surface area contributed by atoms with E-state index in [4.69, 9.17) is 27.9 Å². The van der Waals surface area contributed by atoms with Gasteiger partial charge in [-0.15, -0.1) is 0 Å². The van der Waals surface area contributed by atoms with Gasteiger partial charge in [0, 0.05) is 42.2 Å². The third-order valence-electron chi connectivity index (χ3n) is 5.29. The summed E-state index contributed by atoms with van der Waals surface area (Å²) in [6.07, 6.45) is 2.33. The number of rotatable bonds is 6. The van der Waals surface area contributed by atoms with Crippen LogP contribution in [0.4, 0.5) is 0 Å². The predicted molar refractivity (Wildman–Crippen MR) is 105 cm³/mol. The number of sulfonamides is 1. The van der Waals surface area contributed by atoms with Gasteiger partial charge in [-0.3, -0.25) is 4.79 Å². The molecule has 1 aromatic rings. The minimum absolute atomic E-state index is 0.0790. The summed E-state index contributed by atoms with van der Waals surface area (Å²) in [7, 11) is -2.56. The Morgan fingerprint density at radius 2 is 1.89 bits per heavy atom. The zero-order valence-corrected chi connectivity index (χ0v) is 17.7. The van der Waals surface area contributed by atoms with Gasteiger partial charge >= 0.3 is 0 Å². The number of carbonyl (C=O) groups excluding carboxylic acids is 2. The maximum absolute atomic E-state index is 13.5. The molecule has 0 unspecified atom stereocenters. The van der Waals surface area contributed by atoms with Crippen LogP contribution >= 0.6 is 23.2 Å². The second-order valence-electron chi connectivity index (χ2n) is 7.03. The van der Waals surface area contributed by atoms with E-state index in [-0.39, 0.29) is 27.4 Å². The van der Waals surface area contributed by atoms with Crippen LogP contribution in [-0.2, 0) is 24.3 Å². The third-order valence-corrected chi connectivity index (χ3v) is 7.63. The number of methoxy groups -OCH3 is 1. The lowest BCUT2D eigenvalue weighted by Crippen LogP contribution is -2.55. The Labute approximate surface area is 174 Å². The van der Waals surface area contributed by atoms with Crippen LogP contribution in [0.25, 0.3) is 0 Å². The molecule has 2 aliphatic heterocycles. The van der Waals surface area contributed by atoms with Crippen molar-refractivity contribution in [1.29, 1.82) is 0 Å². The number of aldehydes is 1. The van der Waals surface area contributed by atoms with E-state index in [9.17, 15) is 18.0 Å². The van der Waals surface area contributed by atoms with E-state index in [0.717, 1.165) is 6.29 Å². The largest absolute Gasteiger partial charge is 0.383 e. The van der Waals surface area contributed by atoms with Crippen molar-refractivity contribution in [2.24, 2.45) is 5.92 Å². The van der Waals surface area contributed by atoms with Gasteiger partial charge < -0.3 is 14.4 Å². The molecule has 2 bridgehead atoms. The first-order chi connectivity index (χ1) is 13.3.